The van der Waals surface area contributed by atoms with Crippen molar-refractivity contribution in [1.29, 1.82) is 0 Å². The lowest BCUT2D eigenvalue weighted by atomic mass is 9.59. The number of ether oxygens (including phenoxy) is 3. The third-order valence-electron chi connectivity index (χ3n) is 7.27. The molecule has 3 N–H and O–H groups in total. The lowest BCUT2D eigenvalue weighted by Crippen LogP contribution is -2.51. The highest BCUT2D eigenvalue weighted by atomic mass is 28.3. The molecule has 8 heteroatoms. The van der Waals surface area contributed by atoms with E-state index in [-0.39, 0.29) is 47.7 Å². The Morgan fingerprint density at radius 3 is 2.10 bits per heavy atom. The van der Waals surface area contributed by atoms with Crippen LogP contribution >= 0.6 is 0 Å². The number of carbonyl (C=O) groups is 2. The van der Waals surface area contributed by atoms with Gasteiger partial charge >= 0.3 is 11.9 Å². The zero-order valence-electron chi connectivity index (χ0n) is 17.7. The normalized spacial score (nSPS) is 43.9. The van der Waals surface area contributed by atoms with Crippen molar-refractivity contribution in [3.8, 4) is 11.8 Å². The van der Waals surface area contributed by atoms with Gasteiger partial charge < -0.3 is 24.8 Å². The summed E-state index contributed by atoms with van der Waals surface area (Å²) in [6.45, 7) is 11.5. The first-order valence-electron chi connectivity index (χ1n) is 10.3. The lowest BCUT2D eigenvalue weighted by molar-refractivity contribution is -0.152. The van der Waals surface area contributed by atoms with Gasteiger partial charge in [0.05, 0.1) is 42.9 Å². The molecule has 4 aliphatic heterocycles. The van der Waals surface area contributed by atoms with Gasteiger partial charge in [-0.25, -0.2) is 4.79 Å². The molecule has 29 heavy (non-hydrogen) atoms. The number of hydrogen-bond acceptors (Lipinski definition) is 5. The van der Waals surface area contributed by atoms with Crippen LogP contribution in [-0.2, 0) is 23.8 Å². The van der Waals surface area contributed by atoms with Gasteiger partial charge in [-0.2, -0.15) is 0 Å². The molecule has 0 aliphatic carbocycles. The van der Waals surface area contributed by atoms with Crippen LogP contribution in [0, 0.1) is 47.3 Å². The summed E-state index contributed by atoms with van der Waals surface area (Å²) >= 11 is 0. The number of carboxylic acids is 1. The predicted molar refractivity (Wildman–Crippen MR) is 108 cm³/mol. The molecule has 0 aromatic carbocycles. The number of hydrogen-bond donors (Lipinski definition) is 1. The van der Waals surface area contributed by atoms with E-state index >= 15 is 0 Å². The van der Waals surface area contributed by atoms with Crippen LogP contribution in [0.3, 0.4) is 0 Å². The van der Waals surface area contributed by atoms with E-state index < -0.39 is 25.9 Å². The van der Waals surface area contributed by atoms with Gasteiger partial charge in [-0.05, 0) is 17.9 Å². The van der Waals surface area contributed by atoms with Crippen LogP contribution in [-0.4, -0.2) is 61.6 Å². The van der Waals surface area contributed by atoms with Crippen molar-refractivity contribution in [3.05, 3.63) is 0 Å². The van der Waals surface area contributed by atoms with Gasteiger partial charge in [-0.3, -0.25) is 4.79 Å². The zero-order chi connectivity index (χ0) is 20.4. The van der Waals surface area contributed by atoms with Crippen LogP contribution in [0.25, 0.3) is 0 Å². The summed E-state index contributed by atoms with van der Waals surface area (Å²) < 4.78 is 18.2. The molecular weight excluding hydrogens is 392 g/mol. The summed E-state index contributed by atoms with van der Waals surface area (Å²) in [4.78, 5) is 24.0. The molecule has 0 aromatic heterocycles. The van der Waals surface area contributed by atoms with E-state index in [1.807, 2.05) is 0 Å². The third-order valence-corrected chi connectivity index (χ3v) is 8.97. The first kappa shape index (κ1) is 22.3. The van der Waals surface area contributed by atoms with Crippen molar-refractivity contribution in [2.24, 2.45) is 35.5 Å². The Kier molecular flexibility index (Phi) is 5.91. The minimum atomic E-state index is -1.31. The molecule has 7 nitrogen and oxygen atoms in total. The molecule has 162 valence electrons. The Morgan fingerprint density at radius 2 is 1.55 bits per heavy atom. The molecule has 0 spiro atoms. The van der Waals surface area contributed by atoms with E-state index in [1.165, 1.54) is 0 Å². The van der Waals surface area contributed by atoms with Gasteiger partial charge in [0.2, 0.25) is 0 Å². The average molecular weight is 425 g/mol. The van der Waals surface area contributed by atoms with Gasteiger partial charge in [0.1, 0.15) is 0 Å². The van der Waals surface area contributed by atoms with Crippen LogP contribution in [0.1, 0.15) is 13.8 Å². The van der Waals surface area contributed by atoms with Gasteiger partial charge in [0.25, 0.3) is 0 Å². The maximum atomic E-state index is 13.0. The van der Waals surface area contributed by atoms with E-state index in [1.54, 1.807) is 0 Å². The Balaban J connectivity index is 0.00000240. The Hall–Kier alpha value is -1.40. The quantitative estimate of drug-likeness (QED) is 0.415. The van der Waals surface area contributed by atoms with Crippen LogP contribution in [0.15, 0.2) is 0 Å². The smallest absolute Gasteiger partial charge is 0.381 e. The van der Waals surface area contributed by atoms with Crippen molar-refractivity contribution in [3.63, 3.8) is 0 Å². The molecular formula is C21H32O7Si. The molecule has 0 aromatic rings. The molecule has 4 heterocycles. The number of rotatable bonds is 4. The zero-order valence-corrected chi connectivity index (χ0v) is 18.7. The summed E-state index contributed by atoms with van der Waals surface area (Å²) in [7, 11) is -1.31. The summed E-state index contributed by atoms with van der Waals surface area (Å²) in [5, 5.41) is 9.02. The summed E-state index contributed by atoms with van der Waals surface area (Å²) in [6.07, 6.45) is -0.322. The highest BCUT2D eigenvalue weighted by Crippen LogP contribution is 2.63. The van der Waals surface area contributed by atoms with E-state index in [0.29, 0.717) is 18.4 Å². The molecule has 10 atom stereocenters. The van der Waals surface area contributed by atoms with E-state index in [2.05, 4.69) is 45.3 Å². The Labute approximate surface area is 172 Å². The summed E-state index contributed by atoms with van der Waals surface area (Å²) in [6, 6.07) is 0.903. The second kappa shape index (κ2) is 7.69. The fourth-order valence-corrected chi connectivity index (χ4v) is 6.45. The van der Waals surface area contributed by atoms with Crippen molar-refractivity contribution in [2.75, 3.05) is 6.61 Å². The summed E-state index contributed by atoms with van der Waals surface area (Å²) in [5.74, 6) is 3.85. The SMILES string of the molecule is CC1C(C)C2OC1C1C3OC(C(C(=O)OCC[Si](C)(C)C)C3C#CC(=O)O)C21.O. The van der Waals surface area contributed by atoms with Crippen LogP contribution in [0.2, 0.25) is 25.7 Å². The number of aliphatic carboxylic acids is 1. The molecule has 4 saturated heterocycles. The van der Waals surface area contributed by atoms with Gasteiger partial charge in [0, 0.05) is 25.8 Å². The van der Waals surface area contributed by atoms with Gasteiger partial charge in [-0.1, -0.05) is 39.4 Å². The molecule has 4 rings (SSSR count). The second-order valence-corrected chi connectivity index (χ2v) is 15.7. The predicted octanol–water partition coefficient (Wildman–Crippen LogP) is 1.43. The van der Waals surface area contributed by atoms with E-state index in [4.69, 9.17) is 19.3 Å². The minimum Gasteiger partial charge on any atom is -0.472 e. The number of carboxylic acid groups (broad SMARTS) is 1. The first-order valence-corrected chi connectivity index (χ1v) is 14.0. The molecule has 0 radical (unpaired) electrons. The molecule has 4 aliphatic rings. The fraction of sp³-hybridized carbons (Fsp3) is 0.810. The average Bonchev–Trinajstić information content (AvgIpc) is 3.30. The standard InChI is InChI=1S/C21H30O6Si.H2O/c1-10-11(2)18-16-15(17(10)26-18)19-12(6-7-13(22)23)14(20(16)27-19)21(24)25-8-9-28(3,4)5;/h10-12,14-20H,8-9H2,1-5H3,(H,22,23);1H2. The van der Waals surface area contributed by atoms with Crippen LogP contribution in [0.5, 0.6) is 0 Å². The monoisotopic (exact) mass is 424 g/mol. The topological polar surface area (TPSA) is 114 Å². The number of fused-ring (bicyclic) bond motifs is 9. The maximum absolute atomic E-state index is 13.0. The Bertz CT molecular complexity index is 736. The summed E-state index contributed by atoms with van der Waals surface area (Å²) in [5.41, 5.74) is 0. The van der Waals surface area contributed by atoms with E-state index in [0.717, 1.165) is 6.04 Å². The molecule has 4 bridgehead atoms. The number of carbonyl (C=O) groups excluding carboxylic acids is 1. The molecule has 10 unspecified atom stereocenters. The first-order chi connectivity index (χ1) is 13.1. The van der Waals surface area contributed by atoms with E-state index in [9.17, 15) is 9.59 Å². The lowest BCUT2D eigenvalue weighted by Gasteiger charge is -2.39. The Morgan fingerprint density at radius 1 is 1.00 bits per heavy atom. The van der Waals surface area contributed by atoms with Crippen LogP contribution < -0.4 is 0 Å². The van der Waals surface area contributed by atoms with Crippen molar-refractivity contribution >= 4 is 20.0 Å². The molecule has 0 amide bonds. The highest BCUT2D eigenvalue weighted by molar-refractivity contribution is 6.76. The van der Waals surface area contributed by atoms with Crippen molar-refractivity contribution in [2.45, 2.75) is 63.9 Å². The molecule has 0 saturated carbocycles. The highest BCUT2D eigenvalue weighted by Gasteiger charge is 2.72. The number of esters is 1. The minimum absolute atomic E-state index is 0. The fourth-order valence-electron chi connectivity index (χ4n) is 5.73. The largest absolute Gasteiger partial charge is 0.472 e. The third kappa shape index (κ3) is 3.63. The van der Waals surface area contributed by atoms with Gasteiger partial charge in [0.15, 0.2) is 0 Å². The van der Waals surface area contributed by atoms with Crippen molar-refractivity contribution < 1.29 is 34.4 Å². The second-order valence-electron chi connectivity index (χ2n) is 10.1. The maximum Gasteiger partial charge on any atom is 0.381 e. The van der Waals surface area contributed by atoms with Gasteiger partial charge in [-0.15, -0.1) is 0 Å². The van der Waals surface area contributed by atoms with Crippen molar-refractivity contribution in [1.82, 2.24) is 0 Å². The molecule has 4 fully saturated rings. The van der Waals surface area contributed by atoms with Crippen LogP contribution in [0.4, 0.5) is 0 Å².